The molecule has 0 aliphatic heterocycles. The summed E-state index contributed by atoms with van der Waals surface area (Å²) in [5.41, 5.74) is 6.75. The predicted molar refractivity (Wildman–Crippen MR) is 137 cm³/mol. The van der Waals surface area contributed by atoms with E-state index in [-0.39, 0.29) is 0 Å². The summed E-state index contributed by atoms with van der Waals surface area (Å²) in [5, 5.41) is 5.40. The Bertz CT molecular complexity index is 1080. The lowest BCUT2D eigenvalue weighted by molar-refractivity contribution is 1.28. The van der Waals surface area contributed by atoms with Crippen molar-refractivity contribution in [3.8, 4) is 0 Å². The van der Waals surface area contributed by atoms with E-state index in [0.29, 0.717) is 25.8 Å². The molecule has 0 radical (unpaired) electrons. The lowest BCUT2D eigenvalue weighted by atomic mass is 10.3. The molecule has 0 aliphatic rings. The van der Waals surface area contributed by atoms with Crippen molar-refractivity contribution in [2.75, 3.05) is 11.1 Å². The molecule has 0 amide bonds. The average Bonchev–Trinajstić information content (AvgIpc) is 2.75. The number of nitrogens with one attached hydrogen (secondary N) is 1. The van der Waals surface area contributed by atoms with E-state index in [4.69, 9.17) is 52.1 Å². The summed E-state index contributed by atoms with van der Waals surface area (Å²) in [5.74, 6) is 0.752. The van der Waals surface area contributed by atoms with Crippen molar-refractivity contribution >= 4 is 79.5 Å². The first kappa shape index (κ1) is 25.2. The van der Waals surface area contributed by atoms with Crippen LogP contribution in [0.5, 0.6) is 0 Å². The van der Waals surface area contributed by atoms with Gasteiger partial charge >= 0.3 is 0 Å². The molecule has 0 unspecified atom stereocenters. The highest BCUT2D eigenvalue weighted by atomic mass is 79.9. The minimum Gasteiger partial charge on any atom is -0.398 e. The van der Waals surface area contributed by atoms with Crippen molar-refractivity contribution in [3.05, 3.63) is 110 Å². The standard InChI is InChI=1S/C11H8Cl2N2.C6H5Cl2N.C5H4BrN/c12-8-4-5-10(9(13)7-8)15-11-3-1-2-6-14-11;7-4-1-2-6(9)5(8)3-4;6-5-3-1-2-4-7-5/h1-7H,(H,14,15);1-3H,9H2;1-4H. The Hall–Kier alpha value is -2.02. The normalized spacial score (nSPS) is 9.58. The first-order chi connectivity index (χ1) is 14.8. The third-order valence-electron chi connectivity index (χ3n) is 3.45. The molecule has 3 N–H and O–H groups in total. The largest absolute Gasteiger partial charge is 0.398 e. The molecule has 0 saturated heterocycles. The first-order valence-electron chi connectivity index (χ1n) is 8.75. The van der Waals surface area contributed by atoms with E-state index >= 15 is 0 Å². The maximum atomic E-state index is 6.00. The van der Waals surface area contributed by atoms with Crippen molar-refractivity contribution in [3.63, 3.8) is 0 Å². The zero-order valence-corrected chi connectivity index (χ0v) is 20.6. The van der Waals surface area contributed by atoms with Crippen LogP contribution in [-0.2, 0) is 0 Å². The summed E-state index contributed by atoms with van der Waals surface area (Å²) >= 11 is 26.2. The second kappa shape index (κ2) is 13.4. The molecular weight excluding hydrogens is 542 g/mol. The minimum atomic E-state index is 0.502. The number of nitrogens with zero attached hydrogens (tertiary/aromatic N) is 2. The molecule has 2 aromatic carbocycles. The van der Waals surface area contributed by atoms with Crippen LogP contribution < -0.4 is 11.1 Å². The lowest BCUT2D eigenvalue weighted by Gasteiger charge is -2.07. The molecule has 4 aromatic rings. The number of nitrogens with two attached hydrogens (primary N) is 1. The van der Waals surface area contributed by atoms with E-state index in [1.165, 1.54) is 0 Å². The van der Waals surface area contributed by atoms with Gasteiger partial charge in [-0.2, -0.15) is 0 Å². The van der Waals surface area contributed by atoms with Crippen LogP contribution >= 0.6 is 62.3 Å². The van der Waals surface area contributed by atoms with Crippen LogP contribution in [0.15, 0.2) is 89.8 Å². The number of pyridine rings is 2. The molecular formula is C22H17BrCl4N4. The molecule has 4 rings (SSSR count). The highest BCUT2D eigenvalue weighted by molar-refractivity contribution is 9.10. The summed E-state index contributed by atoms with van der Waals surface area (Å²) in [4.78, 5) is 8.03. The van der Waals surface area contributed by atoms with Crippen LogP contribution in [0.25, 0.3) is 0 Å². The van der Waals surface area contributed by atoms with E-state index in [9.17, 15) is 0 Å². The monoisotopic (exact) mass is 556 g/mol. The second-order valence-corrected chi connectivity index (χ2v) is 8.28. The van der Waals surface area contributed by atoms with Crippen molar-refractivity contribution in [1.82, 2.24) is 9.97 Å². The fourth-order valence-corrected chi connectivity index (χ4v) is 3.14. The van der Waals surface area contributed by atoms with E-state index in [2.05, 4.69) is 31.2 Å². The number of rotatable bonds is 2. The van der Waals surface area contributed by atoms with Gasteiger partial charge in [0.15, 0.2) is 0 Å². The van der Waals surface area contributed by atoms with E-state index in [1.54, 1.807) is 42.7 Å². The third kappa shape index (κ3) is 9.76. The Morgan fingerprint density at radius 2 is 1.32 bits per heavy atom. The van der Waals surface area contributed by atoms with E-state index in [0.717, 1.165) is 16.1 Å². The van der Waals surface area contributed by atoms with Crippen LogP contribution in [0.4, 0.5) is 17.2 Å². The SMILES string of the molecule is Brc1ccccn1.Clc1ccc(Nc2ccccn2)c(Cl)c1.Nc1ccc(Cl)cc1Cl. The molecule has 0 aliphatic carbocycles. The summed E-state index contributed by atoms with van der Waals surface area (Å²) in [6.07, 6.45) is 3.45. The zero-order chi connectivity index (χ0) is 22.6. The highest BCUT2D eigenvalue weighted by Gasteiger charge is 2.01. The van der Waals surface area contributed by atoms with Crippen LogP contribution in [-0.4, -0.2) is 9.97 Å². The quantitative estimate of drug-likeness (QED) is 0.191. The summed E-state index contributed by atoms with van der Waals surface area (Å²) in [7, 11) is 0. The number of halogens is 5. The molecule has 160 valence electrons. The van der Waals surface area contributed by atoms with Gasteiger partial charge in [-0.25, -0.2) is 9.97 Å². The molecule has 0 spiro atoms. The Kier molecular flexibility index (Phi) is 10.9. The van der Waals surface area contributed by atoms with E-state index in [1.807, 2.05) is 42.5 Å². The van der Waals surface area contributed by atoms with Crippen molar-refractivity contribution in [1.29, 1.82) is 0 Å². The Morgan fingerprint density at radius 3 is 1.77 bits per heavy atom. The molecule has 0 saturated carbocycles. The molecule has 0 bridgehead atoms. The number of benzene rings is 2. The van der Waals surface area contributed by atoms with Gasteiger partial charge in [0.1, 0.15) is 10.4 Å². The van der Waals surface area contributed by atoms with E-state index < -0.39 is 0 Å². The Balaban J connectivity index is 0.000000181. The molecule has 9 heteroatoms. The minimum absolute atomic E-state index is 0.502. The number of aromatic nitrogens is 2. The van der Waals surface area contributed by atoms with Crippen molar-refractivity contribution < 1.29 is 0 Å². The van der Waals surface area contributed by atoms with Crippen LogP contribution in [0.3, 0.4) is 0 Å². The topological polar surface area (TPSA) is 63.8 Å². The van der Waals surface area contributed by atoms with Gasteiger partial charge < -0.3 is 11.1 Å². The van der Waals surface area contributed by atoms with Gasteiger partial charge in [-0.15, -0.1) is 0 Å². The van der Waals surface area contributed by atoms with Gasteiger partial charge in [0.2, 0.25) is 0 Å². The highest BCUT2D eigenvalue weighted by Crippen LogP contribution is 2.27. The molecule has 2 aromatic heterocycles. The van der Waals surface area contributed by atoms with Gasteiger partial charge in [0.05, 0.1) is 21.4 Å². The molecule has 0 fully saturated rings. The first-order valence-corrected chi connectivity index (χ1v) is 11.1. The molecule has 31 heavy (non-hydrogen) atoms. The third-order valence-corrected chi connectivity index (χ3v) is 5.03. The maximum Gasteiger partial charge on any atom is 0.130 e. The van der Waals surface area contributed by atoms with Gasteiger partial charge in [0.25, 0.3) is 0 Å². The van der Waals surface area contributed by atoms with Crippen molar-refractivity contribution in [2.24, 2.45) is 0 Å². The summed E-state index contributed by atoms with van der Waals surface area (Å²) < 4.78 is 0.884. The zero-order valence-electron chi connectivity index (χ0n) is 15.9. The fraction of sp³-hybridized carbons (Fsp3) is 0. The number of hydrogen-bond donors (Lipinski definition) is 2. The predicted octanol–water partition coefficient (Wildman–Crippen LogP) is 8.55. The summed E-state index contributed by atoms with van der Waals surface area (Å²) in [6.45, 7) is 0. The molecule has 2 heterocycles. The number of hydrogen-bond acceptors (Lipinski definition) is 4. The lowest BCUT2D eigenvalue weighted by Crippen LogP contribution is -1.92. The van der Waals surface area contributed by atoms with Crippen LogP contribution in [0.1, 0.15) is 0 Å². The van der Waals surface area contributed by atoms with Gasteiger partial charge in [-0.1, -0.05) is 58.5 Å². The smallest absolute Gasteiger partial charge is 0.130 e. The van der Waals surface area contributed by atoms with Crippen molar-refractivity contribution in [2.45, 2.75) is 0 Å². The number of nitrogen functional groups attached to an aromatic ring is 1. The fourth-order valence-electron chi connectivity index (χ4n) is 2.01. The second-order valence-electron chi connectivity index (χ2n) is 5.78. The van der Waals surface area contributed by atoms with Gasteiger partial charge in [-0.3, -0.25) is 0 Å². The molecule has 0 atom stereocenters. The Morgan fingerprint density at radius 1 is 0.710 bits per heavy atom. The van der Waals surface area contributed by atoms with Gasteiger partial charge in [0, 0.05) is 22.4 Å². The summed E-state index contributed by atoms with van der Waals surface area (Å²) in [6, 6.07) is 21.6. The molecule has 4 nitrogen and oxygen atoms in total. The van der Waals surface area contributed by atoms with Crippen LogP contribution in [0, 0.1) is 0 Å². The van der Waals surface area contributed by atoms with Gasteiger partial charge in [-0.05, 0) is 76.6 Å². The average molecular weight is 559 g/mol. The maximum absolute atomic E-state index is 6.00. The number of anilines is 3. The van der Waals surface area contributed by atoms with Crippen LogP contribution in [0.2, 0.25) is 20.1 Å². The Labute approximate surface area is 209 Å².